The van der Waals surface area contributed by atoms with Crippen molar-refractivity contribution in [3.8, 4) is 0 Å². The zero-order chi connectivity index (χ0) is 17.6. The van der Waals surface area contributed by atoms with Gasteiger partial charge in [-0.25, -0.2) is 0 Å². The Morgan fingerprint density at radius 3 is 2.96 bits per heavy atom. The molecule has 0 amide bonds. The van der Waals surface area contributed by atoms with Gasteiger partial charge in [-0.1, -0.05) is 11.2 Å². The summed E-state index contributed by atoms with van der Waals surface area (Å²) in [5, 5.41) is 17.7. The van der Waals surface area contributed by atoms with Crippen molar-refractivity contribution in [3.05, 3.63) is 44.3 Å². The predicted molar refractivity (Wildman–Crippen MR) is 102 cm³/mol. The predicted octanol–water partition coefficient (Wildman–Crippen LogP) is 3.68. The first-order chi connectivity index (χ1) is 12.1. The summed E-state index contributed by atoms with van der Waals surface area (Å²) in [7, 11) is 0. The number of oxime groups is 1. The molecule has 0 radical (unpaired) electrons. The minimum absolute atomic E-state index is 0.257. The monoisotopic (exact) mass is 378 g/mol. The molecule has 2 aromatic heterocycles. The Morgan fingerprint density at radius 1 is 1.40 bits per heavy atom. The summed E-state index contributed by atoms with van der Waals surface area (Å²) >= 11 is 3.31. The first kappa shape index (κ1) is 18.1. The van der Waals surface area contributed by atoms with Crippen molar-refractivity contribution in [2.24, 2.45) is 11.1 Å². The molecule has 0 bridgehead atoms. The molecule has 0 aliphatic carbocycles. The van der Waals surface area contributed by atoms with Crippen LogP contribution < -0.4 is 0 Å². The van der Waals surface area contributed by atoms with Crippen molar-refractivity contribution in [1.29, 1.82) is 0 Å². The number of hydrogen-bond acceptors (Lipinski definition) is 6. The van der Waals surface area contributed by atoms with Crippen LogP contribution in [0.15, 0.2) is 34.1 Å². The van der Waals surface area contributed by atoms with Crippen LogP contribution in [0, 0.1) is 12.8 Å². The van der Waals surface area contributed by atoms with E-state index in [1.165, 1.54) is 5.56 Å². The molecule has 3 rings (SSSR count). The fourth-order valence-corrected chi connectivity index (χ4v) is 4.66. The molecule has 2 aromatic rings. The summed E-state index contributed by atoms with van der Waals surface area (Å²) in [5.74, 6) is -0.954. The maximum Gasteiger partial charge on any atom is 0.307 e. The van der Waals surface area contributed by atoms with Crippen LogP contribution in [0.2, 0.25) is 0 Å². The number of thiophene rings is 2. The van der Waals surface area contributed by atoms with Crippen LogP contribution in [0.1, 0.15) is 28.2 Å². The molecule has 1 aliphatic heterocycles. The molecular formula is C18H22N2O3S2. The molecule has 1 atom stereocenters. The van der Waals surface area contributed by atoms with Gasteiger partial charge in [0.2, 0.25) is 0 Å². The normalized spacial score (nSPS) is 19.1. The first-order valence-corrected chi connectivity index (χ1v) is 10.1. The average Bonchev–Trinajstić information content (AvgIpc) is 3.27. The molecule has 25 heavy (non-hydrogen) atoms. The fourth-order valence-electron chi connectivity index (χ4n) is 2.97. The van der Waals surface area contributed by atoms with E-state index in [0.717, 1.165) is 34.9 Å². The Morgan fingerprint density at radius 2 is 2.28 bits per heavy atom. The number of likely N-dealkylation sites (tertiary alicyclic amines) is 1. The third-order valence-electron chi connectivity index (χ3n) is 4.34. The lowest BCUT2D eigenvalue weighted by Crippen LogP contribution is -2.40. The van der Waals surface area contributed by atoms with Gasteiger partial charge in [0.05, 0.1) is 15.7 Å². The van der Waals surface area contributed by atoms with Gasteiger partial charge >= 0.3 is 5.97 Å². The summed E-state index contributed by atoms with van der Waals surface area (Å²) in [4.78, 5) is 21.1. The van der Waals surface area contributed by atoms with E-state index in [1.54, 1.807) is 22.7 Å². The van der Waals surface area contributed by atoms with Crippen molar-refractivity contribution in [1.82, 2.24) is 4.90 Å². The van der Waals surface area contributed by atoms with Gasteiger partial charge in [0.15, 0.2) is 0 Å². The number of carboxylic acids is 1. The highest BCUT2D eigenvalue weighted by Gasteiger charge is 2.25. The van der Waals surface area contributed by atoms with E-state index in [9.17, 15) is 4.79 Å². The number of hydrogen-bond donors (Lipinski definition) is 1. The number of aryl methyl sites for hydroxylation is 1. The second-order valence-electron chi connectivity index (χ2n) is 6.16. The molecule has 0 spiro atoms. The van der Waals surface area contributed by atoms with Crippen LogP contribution in [0.3, 0.4) is 0 Å². The van der Waals surface area contributed by atoms with E-state index < -0.39 is 5.97 Å². The minimum atomic E-state index is -0.697. The molecule has 3 heterocycles. The second kappa shape index (κ2) is 8.60. The lowest BCUT2D eigenvalue weighted by Gasteiger charge is -2.29. The standard InChI is InChI=1S/C18H22N2O3S2/c1-13-6-11-25-17(13)16(15-5-3-10-24-15)19-23-9-8-20-7-2-4-14(12-20)18(21)22/h3,5-6,10-11,14H,2,4,7-9,12H2,1H3,(H,21,22)/b19-16-/t14-/m1/s1. The molecule has 1 saturated heterocycles. The molecule has 7 heteroatoms. The first-order valence-electron chi connectivity index (χ1n) is 8.38. The third-order valence-corrected chi connectivity index (χ3v) is 6.24. The van der Waals surface area contributed by atoms with Crippen molar-refractivity contribution in [2.75, 3.05) is 26.2 Å². The largest absolute Gasteiger partial charge is 0.481 e. The Hall–Kier alpha value is -1.70. The third kappa shape index (κ3) is 4.68. The molecule has 1 N–H and O–H groups in total. The number of carboxylic acid groups (broad SMARTS) is 1. The summed E-state index contributed by atoms with van der Waals surface area (Å²) in [6.07, 6.45) is 1.69. The lowest BCUT2D eigenvalue weighted by molar-refractivity contribution is -0.143. The van der Waals surface area contributed by atoms with E-state index in [1.807, 2.05) is 17.5 Å². The number of carbonyl (C=O) groups is 1. The van der Waals surface area contributed by atoms with Gasteiger partial charge in [0, 0.05) is 13.1 Å². The van der Waals surface area contributed by atoms with Crippen LogP contribution in [0.5, 0.6) is 0 Å². The zero-order valence-corrected chi connectivity index (χ0v) is 15.8. The van der Waals surface area contributed by atoms with Gasteiger partial charge in [-0.15, -0.1) is 22.7 Å². The summed E-state index contributed by atoms with van der Waals surface area (Å²) < 4.78 is 0. The Labute approximate surface area is 155 Å². The number of aliphatic carboxylic acids is 1. The van der Waals surface area contributed by atoms with Crippen molar-refractivity contribution in [2.45, 2.75) is 19.8 Å². The Bertz CT molecular complexity index is 725. The van der Waals surface area contributed by atoms with Crippen molar-refractivity contribution < 1.29 is 14.7 Å². The summed E-state index contributed by atoms with van der Waals surface area (Å²) in [6.45, 7) is 4.78. The van der Waals surface area contributed by atoms with Crippen molar-refractivity contribution in [3.63, 3.8) is 0 Å². The van der Waals surface area contributed by atoms with Gasteiger partial charge in [0.1, 0.15) is 12.3 Å². The minimum Gasteiger partial charge on any atom is -0.481 e. The van der Waals surface area contributed by atoms with Crippen LogP contribution in [-0.2, 0) is 9.63 Å². The van der Waals surface area contributed by atoms with E-state index in [0.29, 0.717) is 19.7 Å². The molecule has 0 unspecified atom stereocenters. The van der Waals surface area contributed by atoms with Gasteiger partial charge in [0.25, 0.3) is 0 Å². The highest BCUT2D eigenvalue weighted by Crippen LogP contribution is 2.23. The van der Waals surface area contributed by atoms with Crippen LogP contribution in [0.4, 0.5) is 0 Å². The quantitative estimate of drug-likeness (QED) is 0.453. The Kier molecular flexibility index (Phi) is 6.23. The number of nitrogens with zero attached hydrogens (tertiary/aromatic N) is 2. The second-order valence-corrected chi connectivity index (χ2v) is 8.02. The SMILES string of the molecule is Cc1ccsc1/C(=N\OCCN1CCC[C@@H](C(=O)O)C1)c1cccs1. The topological polar surface area (TPSA) is 62.1 Å². The van der Waals surface area contributed by atoms with E-state index >= 15 is 0 Å². The zero-order valence-electron chi connectivity index (χ0n) is 14.2. The smallest absolute Gasteiger partial charge is 0.307 e. The highest BCUT2D eigenvalue weighted by molar-refractivity contribution is 7.16. The van der Waals surface area contributed by atoms with E-state index in [-0.39, 0.29) is 5.92 Å². The van der Waals surface area contributed by atoms with Crippen LogP contribution in [-0.4, -0.2) is 47.9 Å². The van der Waals surface area contributed by atoms with Gasteiger partial charge < -0.3 is 9.94 Å². The van der Waals surface area contributed by atoms with E-state index in [4.69, 9.17) is 9.94 Å². The molecule has 0 aromatic carbocycles. The van der Waals surface area contributed by atoms with Gasteiger partial charge in [-0.05, 0) is 54.8 Å². The number of piperidine rings is 1. The molecule has 134 valence electrons. The lowest BCUT2D eigenvalue weighted by atomic mass is 9.98. The molecule has 1 aliphatic rings. The maximum absolute atomic E-state index is 11.1. The molecular weight excluding hydrogens is 356 g/mol. The van der Waals surface area contributed by atoms with Crippen LogP contribution >= 0.6 is 22.7 Å². The van der Waals surface area contributed by atoms with E-state index in [2.05, 4.69) is 28.4 Å². The van der Waals surface area contributed by atoms with Gasteiger partial charge in [-0.3, -0.25) is 9.69 Å². The summed E-state index contributed by atoms with van der Waals surface area (Å²) in [6, 6.07) is 6.15. The molecule has 1 fully saturated rings. The van der Waals surface area contributed by atoms with Crippen molar-refractivity contribution >= 4 is 34.4 Å². The van der Waals surface area contributed by atoms with Gasteiger partial charge in [-0.2, -0.15) is 0 Å². The summed E-state index contributed by atoms with van der Waals surface area (Å²) in [5.41, 5.74) is 2.07. The Balaban J connectivity index is 1.59. The van der Waals surface area contributed by atoms with Crippen LogP contribution in [0.25, 0.3) is 0 Å². The highest BCUT2D eigenvalue weighted by atomic mass is 32.1. The maximum atomic E-state index is 11.1. The average molecular weight is 379 g/mol. The molecule has 5 nitrogen and oxygen atoms in total. The number of rotatable bonds is 7. The molecule has 0 saturated carbocycles. The fraction of sp³-hybridized carbons (Fsp3) is 0.444.